The van der Waals surface area contributed by atoms with Gasteiger partial charge in [-0.05, 0) is 0 Å². The summed E-state index contributed by atoms with van der Waals surface area (Å²) >= 11 is 0. The van der Waals surface area contributed by atoms with Crippen molar-refractivity contribution in [2.75, 3.05) is 20.3 Å². The quantitative estimate of drug-likeness (QED) is 0.774. The van der Waals surface area contributed by atoms with Gasteiger partial charge in [-0.1, -0.05) is 0 Å². The van der Waals surface area contributed by atoms with E-state index in [0.29, 0.717) is 4.68 Å². The molecule has 0 unspecified atom stereocenters. The third kappa shape index (κ3) is 4.97. The number of carbonyl (C=O) groups excluding carboxylic acids is 2. The van der Waals surface area contributed by atoms with Gasteiger partial charge in [-0.25, -0.2) is 0 Å². The van der Waals surface area contributed by atoms with Crippen molar-refractivity contribution in [2.45, 2.75) is 12.6 Å². The van der Waals surface area contributed by atoms with Crippen LogP contribution in [-0.4, -0.2) is 41.9 Å². The van der Waals surface area contributed by atoms with E-state index in [1.54, 1.807) is 0 Å². The van der Waals surface area contributed by atoms with Gasteiger partial charge in [-0.3, -0.25) is 14.3 Å². The first-order chi connectivity index (χ1) is 9.75. The van der Waals surface area contributed by atoms with E-state index < -0.39 is 36.1 Å². The van der Waals surface area contributed by atoms with Gasteiger partial charge in [0.1, 0.15) is 0 Å². The minimum atomic E-state index is -4.64. The summed E-state index contributed by atoms with van der Waals surface area (Å²) in [4.78, 5) is 22.1. The van der Waals surface area contributed by atoms with Crippen LogP contribution >= 0.6 is 0 Å². The Kier molecular flexibility index (Phi) is 5.56. The van der Waals surface area contributed by atoms with Gasteiger partial charge in [0, 0.05) is 13.6 Å². The summed E-state index contributed by atoms with van der Waals surface area (Å²) in [6, 6.07) is 0. The molecule has 0 bridgehead atoms. The zero-order chi connectivity index (χ0) is 16.0. The van der Waals surface area contributed by atoms with E-state index in [2.05, 4.69) is 15.2 Å². The first kappa shape index (κ1) is 16.8. The molecule has 118 valence electrons. The highest BCUT2D eigenvalue weighted by molar-refractivity contribution is 5.78. The first-order valence-electron chi connectivity index (χ1n) is 5.81. The Bertz CT molecular complexity index is 513. The van der Waals surface area contributed by atoms with Crippen LogP contribution in [0.25, 0.3) is 0 Å². The molecular weight excluding hydrogens is 295 g/mol. The minimum Gasteiger partial charge on any atom is -0.480 e. The van der Waals surface area contributed by atoms with E-state index in [-0.39, 0.29) is 13.0 Å². The van der Waals surface area contributed by atoms with E-state index in [0.717, 1.165) is 13.2 Å². The van der Waals surface area contributed by atoms with Crippen molar-refractivity contribution in [3.63, 3.8) is 0 Å². The molecule has 1 aromatic rings. The van der Waals surface area contributed by atoms with Crippen LogP contribution in [-0.2, 0) is 27.5 Å². The maximum Gasteiger partial charge on any atom is 0.436 e. The number of carbonyl (C=O) groups is 2. The summed E-state index contributed by atoms with van der Waals surface area (Å²) in [6.07, 6.45) is -3.80. The van der Waals surface area contributed by atoms with Crippen molar-refractivity contribution in [3.05, 3.63) is 11.9 Å². The third-order valence-electron chi connectivity index (χ3n) is 2.41. The molecule has 0 radical (unpaired) electrons. The number of nitrogens with zero attached hydrogens (tertiary/aromatic N) is 2. The zero-order valence-corrected chi connectivity index (χ0v) is 11.4. The van der Waals surface area contributed by atoms with Crippen LogP contribution < -0.4 is 10.1 Å². The number of hydrogen-bond acceptors (Lipinski definition) is 5. The van der Waals surface area contributed by atoms with Crippen molar-refractivity contribution in [2.24, 2.45) is 7.05 Å². The first-order valence-corrected chi connectivity index (χ1v) is 5.81. The van der Waals surface area contributed by atoms with Gasteiger partial charge < -0.3 is 14.8 Å². The molecule has 1 aromatic heterocycles. The molecule has 10 heteroatoms. The fourth-order valence-corrected chi connectivity index (χ4v) is 1.45. The van der Waals surface area contributed by atoms with E-state index in [1.807, 2.05) is 0 Å². The molecule has 1 amide bonds. The van der Waals surface area contributed by atoms with Crippen LogP contribution in [0.15, 0.2) is 6.20 Å². The van der Waals surface area contributed by atoms with E-state index >= 15 is 0 Å². The molecular formula is C11H14F3N3O4. The maximum atomic E-state index is 12.7. The minimum absolute atomic E-state index is 0.00797. The van der Waals surface area contributed by atoms with Crippen LogP contribution in [0.5, 0.6) is 5.75 Å². The lowest BCUT2D eigenvalue weighted by Crippen LogP contribution is -2.31. The molecule has 0 aromatic carbocycles. The van der Waals surface area contributed by atoms with Crippen molar-refractivity contribution in [1.82, 2.24) is 15.1 Å². The highest BCUT2D eigenvalue weighted by Gasteiger charge is 2.38. The van der Waals surface area contributed by atoms with Crippen LogP contribution in [0, 0.1) is 0 Å². The lowest BCUT2D eigenvalue weighted by molar-refractivity contribution is -0.145. The molecule has 0 saturated carbocycles. The summed E-state index contributed by atoms with van der Waals surface area (Å²) in [7, 11) is 2.32. The number of halogens is 3. The summed E-state index contributed by atoms with van der Waals surface area (Å²) in [6.45, 7) is -0.607. The van der Waals surface area contributed by atoms with Crippen LogP contribution in [0.2, 0.25) is 0 Å². The molecule has 1 rings (SSSR count). The Morgan fingerprint density at radius 3 is 2.67 bits per heavy atom. The summed E-state index contributed by atoms with van der Waals surface area (Å²) < 4.78 is 47.9. The number of ether oxygens (including phenoxy) is 2. The van der Waals surface area contributed by atoms with Gasteiger partial charge >= 0.3 is 12.1 Å². The molecule has 0 aliphatic carbocycles. The van der Waals surface area contributed by atoms with Gasteiger partial charge in [0.05, 0.1) is 19.7 Å². The van der Waals surface area contributed by atoms with Gasteiger partial charge in [-0.15, -0.1) is 0 Å². The van der Waals surface area contributed by atoms with Gasteiger partial charge in [0.15, 0.2) is 18.1 Å². The van der Waals surface area contributed by atoms with Gasteiger partial charge in [0.25, 0.3) is 5.91 Å². The average molecular weight is 309 g/mol. The fourth-order valence-electron chi connectivity index (χ4n) is 1.45. The topological polar surface area (TPSA) is 82.4 Å². The van der Waals surface area contributed by atoms with Crippen molar-refractivity contribution in [3.8, 4) is 5.75 Å². The standard InChI is InChI=1S/C11H14F3N3O4/c1-17-10(11(12,13)14)7(5-16-17)21-6-8(18)15-4-3-9(19)20-2/h5H,3-4,6H2,1-2H3,(H,15,18). The summed E-state index contributed by atoms with van der Waals surface area (Å²) in [5.74, 6) is -1.70. The van der Waals surface area contributed by atoms with Crippen LogP contribution in [0.4, 0.5) is 13.2 Å². The van der Waals surface area contributed by atoms with E-state index in [9.17, 15) is 22.8 Å². The van der Waals surface area contributed by atoms with Crippen LogP contribution in [0.3, 0.4) is 0 Å². The molecule has 0 saturated heterocycles. The maximum absolute atomic E-state index is 12.7. The number of methoxy groups -OCH3 is 1. The zero-order valence-electron chi connectivity index (χ0n) is 11.4. The predicted molar refractivity (Wildman–Crippen MR) is 63.3 cm³/mol. The Morgan fingerprint density at radius 2 is 2.10 bits per heavy atom. The number of aromatic nitrogens is 2. The lowest BCUT2D eigenvalue weighted by atomic mass is 10.4. The molecule has 7 nitrogen and oxygen atoms in total. The van der Waals surface area contributed by atoms with Crippen molar-refractivity contribution < 1.29 is 32.2 Å². The lowest BCUT2D eigenvalue weighted by Gasteiger charge is -2.10. The normalized spacial score (nSPS) is 11.1. The Hall–Kier alpha value is -2.26. The molecule has 0 spiro atoms. The second-order valence-electron chi connectivity index (χ2n) is 3.94. The highest BCUT2D eigenvalue weighted by Crippen LogP contribution is 2.35. The monoisotopic (exact) mass is 309 g/mol. The number of aryl methyl sites for hydroxylation is 1. The molecule has 0 atom stereocenters. The number of rotatable bonds is 6. The SMILES string of the molecule is COC(=O)CCNC(=O)COc1cnn(C)c1C(F)(F)F. The molecule has 1 heterocycles. The second kappa shape index (κ2) is 6.95. The summed E-state index contributed by atoms with van der Waals surface area (Å²) in [5, 5.41) is 5.75. The van der Waals surface area contributed by atoms with Crippen molar-refractivity contribution >= 4 is 11.9 Å². The fraction of sp³-hybridized carbons (Fsp3) is 0.545. The molecule has 0 aliphatic rings. The highest BCUT2D eigenvalue weighted by atomic mass is 19.4. The molecule has 0 fully saturated rings. The molecule has 0 aliphatic heterocycles. The second-order valence-corrected chi connectivity index (χ2v) is 3.94. The molecule has 1 N–H and O–H groups in total. The number of hydrogen-bond donors (Lipinski definition) is 1. The van der Waals surface area contributed by atoms with Gasteiger partial charge in [0.2, 0.25) is 0 Å². The number of nitrogens with one attached hydrogen (secondary N) is 1. The predicted octanol–water partition coefficient (Wildman–Crippen LogP) is 0.497. The Labute approximate surface area is 118 Å². The van der Waals surface area contributed by atoms with E-state index in [1.165, 1.54) is 7.11 Å². The Balaban J connectivity index is 2.49. The molecule has 21 heavy (non-hydrogen) atoms. The largest absolute Gasteiger partial charge is 0.480 e. The number of alkyl halides is 3. The number of esters is 1. The third-order valence-corrected chi connectivity index (χ3v) is 2.41. The van der Waals surface area contributed by atoms with Crippen molar-refractivity contribution in [1.29, 1.82) is 0 Å². The average Bonchev–Trinajstić information content (AvgIpc) is 2.77. The van der Waals surface area contributed by atoms with Crippen LogP contribution in [0.1, 0.15) is 12.1 Å². The number of amides is 1. The Morgan fingerprint density at radius 1 is 1.43 bits per heavy atom. The smallest absolute Gasteiger partial charge is 0.436 e. The summed E-state index contributed by atoms with van der Waals surface area (Å²) in [5.41, 5.74) is -1.08. The van der Waals surface area contributed by atoms with Gasteiger partial charge in [-0.2, -0.15) is 18.3 Å². The van der Waals surface area contributed by atoms with E-state index in [4.69, 9.17) is 4.74 Å².